The van der Waals surface area contributed by atoms with Crippen LogP contribution in [0.4, 0.5) is 0 Å². The molecule has 1 saturated heterocycles. The van der Waals surface area contributed by atoms with Gasteiger partial charge in [0.2, 0.25) is 5.78 Å². The van der Waals surface area contributed by atoms with Crippen LogP contribution in [0.3, 0.4) is 0 Å². The molecule has 2 aliphatic rings. The minimum atomic E-state index is -1.65. The molecule has 11 heavy (non-hydrogen) atoms. The van der Waals surface area contributed by atoms with Gasteiger partial charge in [0, 0.05) is 6.20 Å². The first-order valence-corrected chi connectivity index (χ1v) is 4.32. The lowest BCUT2D eigenvalue weighted by Crippen LogP contribution is -2.61. The van der Waals surface area contributed by atoms with Crippen LogP contribution in [0.1, 0.15) is 0 Å². The molecule has 1 fully saturated rings. The minimum absolute atomic E-state index is 0.110. The Hall–Kier alpha value is -0.810. The van der Waals surface area contributed by atoms with Crippen molar-refractivity contribution in [3.8, 4) is 0 Å². The maximum absolute atomic E-state index is 11.0. The van der Waals surface area contributed by atoms with Gasteiger partial charge in [-0.2, -0.15) is 0 Å². The second-order valence-corrected chi connectivity index (χ2v) is 3.87. The fourth-order valence-corrected chi connectivity index (χ4v) is 2.24. The van der Waals surface area contributed by atoms with Crippen LogP contribution in [-0.2, 0) is 20.8 Å². The van der Waals surface area contributed by atoms with Gasteiger partial charge in [-0.05, 0) is 0 Å². The SMILES string of the molecule is O=C1CN2C=CC(=O)[S+]([O-])C12. The predicted octanol–water partition coefficient (Wildman–Crippen LogP) is -1.00. The van der Waals surface area contributed by atoms with Crippen LogP contribution in [0, 0.1) is 0 Å². The highest BCUT2D eigenvalue weighted by molar-refractivity contribution is 8.07. The normalized spacial score (nSPS) is 35.2. The second kappa shape index (κ2) is 2.09. The van der Waals surface area contributed by atoms with Crippen molar-refractivity contribution in [2.24, 2.45) is 0 Å². The minimum Gasteiger partial charge on any atom is -0.607 e. The number of hydrogen-bond donors (Lipinski definition) is 0. The van der Waals surface area contributed by atoms with Crippen molar-refractivity contribution >= 4 is 22.1 Å². The highest BCUT2D eigenvalue weighted by Crippen LogP contribution is 2.24. The molecular formula is C6H5NO3S. The van der Waals surface area contributed by atoms with E-state index in [-0.39, 0.29) is 5.78 Å². The van der Waals surface area contributed by atoms with Gasteiger partial charge in [-0.1, -0.05) is 0 Å². The summed E-state index contributed by atoms with van der Waals surface area (Å²) < 4.78 is 11.0. The topological polar surface area (TPSA) is 60.4 Å². The van der Waals surface area contributed by atoms with E-state index in [2.05, 4.69) is 0 Å². The van der Waals surface area contributed by atoms with Gasteiger partial charge in [-0.15, -0.1) is 0 Å². The average molecular weight is 171 g/mol. The molecule has 0 N–H and O–H groups in total. The molecule has 2 rings (SSSR count). The Morgan fingerprint density at radius 1 is 1.64 bits per heavy atom. The summed E-state index contributed by atoms with van der Waals surface area (Å²) in [4.78, 5) is 23.2. The van der Waals surface area contributed by atoms with E-state index >= 15 is 0 Å². The standard InChI is InChI=1S/C6H5NO3S/c8-4-3-7-2-1-5(9)11(10)6(4)7/h1-2,6H,3H2. The number of rotatable bonds is 0. The summed E-state index contributed by atoms with van der Waals surface area (Å²) in [6.45, 7) is 0.292. The Morgan fingerprint density at radius 3 is 2.91 bits per heavy atom. The maximum atomic E-state index is 11.0. The quantitative estimate of drug-likeness (QED) is 0.438. The molecule has 0 aromatic carbocycles. The molecule has 0 aliphatic carbocycles. The molecular weight excluding hydrogens is 166 g/mol. The highest BCUT2D eigenvalue weighted by Gasteiger charge is 2.49. The zero-order chi connectivity index (χ0) is 8.01. The lowest BCUT2D eigenvalue weighted by molar-refractivity contribution is -0.129. The molecule has 0 amide bonds. The van der Waals surface area contributed by atoms with E-state index in [0.717, 1.165) is 0 Å². The number of Topliss-reactive ketones (excluding diaryl/α,β-unsaturated/α-hetero) is 1. The summed E-state index contributed by atoms with van der Waals surface area (Å²) in [6.07, 6.45) is 2.77. The smallest absolute Gasteiger partial charge is 0.356 e. The van der Waals surface area contributed by atoms with Gasteiger partial charge in [0.05, 0.1) is 23.8 Å². The lowest BCUT2D eigenvalue weighted by Gasteiger charge is -2.38. The number of hydrogen-bond acceptors (Lipinski definition) is 4. The summed E-state index contributed by atoms with van der Waals surface area (Å²) in [5.74, 6) is -0.110. The molecule has 2 unspecified atom stereocenters. The van der Waals surface area contributed by atoms with Crippen LogP contribution < -0.4 is 0 Å². The van der Waals surface area contributed by atoms with Crippen LogP contribution in [0.5, 0.6) is 0 Å². The third-order valence-corrected chi connectivity index (χ3v) is 3.19. The Bertz CT molecular complexity index is 263. The molecule has 0 radical (unpaired) electrons. The van der Waals surface area contributed by atoms with E-state index < -0.39 is 21.7 Å². The van der Waals surface area contributed by atoms with Crippen molar-refractivity contribution in [2.75, 3.05) is 6.54 Å². The summed E-state index contributed by atoms with van der Waals surface area (Å²) in [5, 5.41) is -1.13. The molecule has 0 aromatic rings. The molecule has 58 valence electrons. The number of carbonyl (C=O) groups excluding carboxylic acids is 2. The fourth-order valence-electron chi connectivity index (χ4n) is 1.12. The van der Waals surface area contributed by atoms with E-state index in [1.54, 1.807) is 4.90 Å². The van der Waals surface area contributed by atoms with Crippen molar-refractivity contribution in [3.05, 3.63) is 12.3 Å². The zero-order valence-corrected chi connectivity index (χ0v) is 6.34. The third-order valence-electron chi connectivity index (χ3n) is 1.72. The Labute approximate surface area is 66.0 Å². The molecule has 2 heterocycles. The second-order valence-electron chi connectivity index (χ2n) is 2.42. The van der Waals surface area contributed by atoms with Crippen LogP contribution >= 0.6 is 0 Å². The van der Waals surface area contributed by atoms with E-state index in [0.29, 0.717) is 6.54 Å². The van der Waals surface area contributed by atoms with Crippen molar-refractivity contribution in [1.29, 1.82) is 0 Å². The molecule has 0 spiro atoms. The molecule has 4 nitrogen and oxygen atoms in total. The lowest BCUT2D eigenvalue weighted by atomic mass is 10.2. The van der Waals surface area contributed by atoms with Crippen molar-refractivity contribution in [1.82, 2.24) is 4.90 Å². The molecule has 0 bridgehead atoms. The van der Waals surface area contributed by atoms with Gasteiger partial charge in [-0.3, -0.25) is 4.79 Å². The first-order valence-electron chi connectivity index (χ1n) is 3.11. The van der Waals surface area contributed by atoms with Gasteiger partial charge in [0.15, 0.2) is 0 Å². The molecule has 2 atom stereocenters. The summed E-state index contributed by atoms with van der Waals surface area (Å²) >= 11 is -1.65. The molecule has 2 aliphatic heterocycles. The number of fused-ring (bicyclic) bond motifs is 1. The monoisotopic (exact) mass is 171 g/mol. The van der Waals surface area contributed by atoms with Crippen molar-refractivity contribution in [2.45, 2.75) is 5.37 Å². The van der Waals surface area contributed by atoms with Crippen LogP contribution in [0.25, 0.3) is 0 Å². The Kier molecular flexibility index (Phi) is 1.30. The van der Waals surface area contributed by atoms with Crippen LogP contribution in [-0.4, -0.2) is 32.3 Å². The number of carbonyl (C=O) groups is 2. The first-order chi connectivity index (χ1) is 5.20. The number of nitrogens with zero attached hydrogens (tertiary/aromatic N) is 1. The van der Waals surface area contributed by atoms with Gasteiger partial charge in [0.25, 0.3) is 5.37 Å². The summed E-state index contributed by atoms with van der Waals surface area (Å²) in [5.41, 5.74) is 0. The average Bonchev–Trinajstić information content (AvgIpc) is 1.94. The number of ketones is 1. The van der Waals surface area contributed by atoms with Crippen LogP contribution in [0.15, 0.2) is 12.3 Å². The van der Waals surface area contributed by atoms with Crippen molar-refractivity contribution < 1.29 is 14.1 Å². The molecule has 0 aromatic heterocycles. The van der Waals surface area contributed by atoms with Gasteiger partial charge >= 0.3 is 5.12 Å². The maximum Gasteiger partial charge on any atom is 0.356 e. The zero-order valence-electron chi connectivity index (χ0n) is 5.52. The highest BCUT2D eigenvalue weighted by atomic mass is 32.2. The Morgan fingerprint density at radius 2 is 2.36 bits per heavy atom. The molecule has 0 saturated carbocycles. The van der Waals surface area contributed by atoms with E-state index in [1.807, 2.05) is 0 Å². The van der Waals surface area contributed by atoms with E-state index in [9.17, 15) is 14.1 Å². The van der Waals surface area contributed by atoms with Gasteiger partial charge < -0.3 is 9.45 Å². The Balaban J connectivity index is 2.28. The largest absolute Gasteiger partial charge is 0.607 e. The predicted molar refractivity (Wildman–Crippen MR) is 37.8 cm³/mol. The summed E-state index contributed by atoms with van der Waals surface area (Å²) in [7, 11) is 0. The molecule has 5 heteroatoms. The van der Waals surface area contributed by atoms with Crippen molar-refractivity contribution in [3.63, 3.8) is 0 Å². The first kappa shape index (κ1) is 6.87. The summed E-state index contributed by atoms with van der Waals surface area (Å²) in [6, 6.07) is 0. The van der Waals surface area contributed by atoms with Gasteiger partial charge in [0.1, 0.15) is 0 Å². The fraction of sp³-hybridized carbons (Fsp3) is 0.333. The third kappa shape index (κ3) is 0.812. The van der Waals surface area contributed by atoms with E-state index in [4.69, 9.17) is 0 Å². The van der Waals surface area contributed by atoms with E-state index in [1.165, 1.54) is 12.3 Å². The van der Waals surface area contributed by atoms with Gasteiger partial charge in [-0.25, -0.2) is 4.79 Å². The van der Waals surface area contributed by atoms with Crippen LogP contribution in [0.2, 0.25) is 0 Å².